The number of pyridine rings is 3. The van der Waals surface area contributed by atoms with Crippen molar-refractivity contribution in [3.8, 4) is 39.7 Å². The minimum atomic E-state index is -0.395. The molecule has 0 bridgehead atoms. The summed E-state index contributed by atoms with van der Waals surface area (Å²) in [6, 6.07) is 12.3. The number of fused-ring (bicyclic) bond motifs is 2. The van der Waals surface area contributed by atoms with Gasteiger partial charge in [-0.3, -0.25) is 24.8 Å². The molecule has 11 heteroatoms. The Kier molecular flexibility index (Phi) is 7.80. The van der Waals surface area contributed by atoms with E-state index in [1.54, 1.807) is 24.8 Å². The standard InChI is InChI=1S/C32H31FN8O2/c1-4-5-30(42)37-22-11-20(16-34-17-22)27-14-25-29(18-36-27)39-40-32(25)28-15-24-26(38-28)6-7-35-31(24)19-10-21(33)13-23(12-19)43-9-8-41(2)3/h6-7,10-18,38H,4-5,8-9H2,1-3H3,(H,37,42)(H,39,40). The number of nitrogens with zero attached hydrogens (tertiary/aromatic N) is 5. The normalized spacial score (nSPS) is 11.5. The van der Waals surface area contributed by atoms with Gasteiger partial charge in [0.2, 0.25) is 5.91 Å². The molecule has 0 fully saturated rings. The quantitative estimate of drug-likeness (QED) is 0.181. The first kappa shape index (κ1) is 28.0. The summed E-state index contributed by atoms with van der Waals surface area (Å²) in [5, 5.41) is 12.2. The second kappa shape index (κ2) is 12.0. The summed E-state index contributed by atoms with van der Waals surface area (Å²) in [5.41, 5.74) is 6.39. The molecule has 3 N–H and O–H groups in total. The van der Waals surface area contributed by atoms with E-state index in [0.29, 0.717) is 53.7 Å². The SMILES string of the molecule is CCCC(=O)Nc1cncc(-c2cc3c(-c4cc5c(-c6cc(F)cc(OCCN(C)C)c6)nccc5[nH]4)n[nH]c3cn2)c1. The van der Waals surface area contributed by atoms with Crippen LogP contribution in [0.1, 0.15) is 19.8 Å². The van der Waals surface area contributed by atoms with E-state index in [4.69, 9.17) is 4.74 Å². The third-order valence-electron chi connectivity index (χ3n) is 7.00. The van der Waals surface area contributed by atoms with E-state index in [1.165, 1.54) is 12.1 Å². The van der Waals surface area contributed by atoms with Crippen molar-refractivity contribution in [2.45, 2.75) is 19.8 Å². The molecule has 0 atom stereocenters. The third kappa shape index (κ3) is 6.07. The van der Waals surface area contributed by atoms with Crippen molar-refractivity contribution in [2.24, 2.45) is 0 Å². The van der Waals surface area contributed by atoms with Crippen LogP contribution >= 0.6 is 0 Å². The number of benzene rings is 1. The van der Waals surface area contributed by atoms with Gasteiger partial charge in [0.05, 0.1) is 40.7 Å². The first-order chi connectivity index (χ1) is 20.9. The highest BCUT2D eigenvalue weighted by molar-refractivity contribution is 6.00. The molecule has 5 heterocycles. The van der Waals surface area contributed by atoms with Crippen LogP contribution in [0.2, 0.25) is 0 Å². The molecule has 0 aliphatic carbocycles. The second-order valence-electron chi connectivity index (χ2n) is 10.6. The van der Waals surface area contributed by atoms with E-state index in [0.717, 1.165) is 39.5 Å². The van der Waals surface area contributed by atoms with Crippen LogP contribution in [0.3, 0.4) is 0 Å². The number of amides is 1. The predicted molar refractivity (Wildman–Crippen MR) is 165 cm³/mol. The van der Waals surface area contributed by atoms with Crippen LogP contribution in [-0.2, 0) is 4.79 Å². The molecule has 0 aliphatic rings. The highest BCUT2D eigenvalue weighted by Crippen LogP contribution is 2.35. The number of hydrogen-bond acceptors (Lipinski definition) is 7. The average molecular weight is 579 g/mol. The maximum absolute atomic E-state index is 14.6. The van der Waals surface area contributed by atoms with Gasteiger partial charge in [0.15, 0.2) is 0 Å². The smallest absolute Gasteiger partial charge is 0.224 e. The van der Waals surface area contributed by atoms with Gasteiger partial charge in [-0.05, 0) is 56.9 Å². The van der Waals surface area contributed by atoms with Crippen LogP contribution in [0.5, 0.6) is 5.75 Å². The number of likely N-dealkylation sites (N-methyl/N-ethyl adjacent to an activating group) is 1. The minimum absolute atomic E-state index is 0.0547. The van der Waals surface area contributed by atoms with Gasteiger partial charge in [-0.25, -0.2) is 4.39 Å². The Morgan fingerprint density at radius 1 is 0.977 bits per heavy atom. The molecule has 0 saturated carbocycles. The summed E-state index contributed by atoms with van der Waals surface area (Å²) in [6.45, 7) is 3.12. The summed E-state index contributed by atoms with van der Waals surface area (Å²) in [4.78, 5) is 31.0. The first-order valence-corrected chi connectivity index (χ1v) is 14.0. The maximum atomic E-state index is 14.6. The Morgan fingerprint density at radius 3 is 2.67 bits per heavy atom. The molecule has 0 spiro atoms. The molecule has 43 heavy (non-hydrogen) atoms. The molecule has 1 aromatic carbocycles. The summed E-state index contributed by atoms with van der Waals surface area (Å²) >= 11 is 0. The summed E-state index contributed by atoms with van der Waals surface area (Å²) in [5.74, 6) is 0.00271. The number of H-pyrrole nitrogens is 2. The minimum Gasteiger partial charge on any atom is -0.492 e. The average Bonchev–Trinajstić information content (AvgIpc) is 3.60. The molecule has 0 aliphatic heterocycles. The van der Waals surface area contributed by atoms with Gasteiger partial charge in [-0.15, -0.1) is 0 Å². The van der Waals surface area contributed by atoms with Gasteiger partial charge in [0.25, 0.3) is 0 Å². The van der Waals surface area contributed by atoms with Crippen LogP contribution < -0.4 is 10.1 Å². The second-order valence-corrected chi connectivity index (χ2v) is 10.6. The number of aromatic amines is 2. The van der Waals surface area contributed by atoms with Gasteiger partial charge in [0.1, 0.15) is 23.9 Å². The number of hydrogen-bond donors (Lipinski definition) is 3. The summed E-state index contributed by atoms with van der Waals surface area (Å²) in [6.07, 6.45) is 7.96. The van der Waals surface area contributed by atoms with Gasteiger partial charge < -0.3 is 19.9 Å². The zero-order valence-electron chi connectivity index (χ0n) is 24.1. The molecule has 1 amide bonds. The Bertz CT molecular complexity index is 1930. The van der Waals surface area contributed by atoms with Crippen molar-refractivity contribution in [1.82, 2.24) is 35.0 Å². The van der Waals surface area contributed by atoms with Crippen molar-refractivity contribution in [3.05, 3.63) is 73.1 Å². The number of aromatic nitrogens is 6. The van der Waals surface area contributed by atoms with Crippen LogP contribution in [0.15, 0.2) is 67.3 Å². The van der Waals surface area contributed by atoms with E-state index in [9.17, 15) is 9.18 Å². The lowest BCUT2D eigenvalue weighted by atomic mass is 10.1. The van der Waals surface area contributed by atoms with Crippen LogP contribution in [0.4, 0.5) is 10.1 Å². The molecule has 0 unspecified atom stereocenters. The highest BCUT2D eigenvalue weighted by atomic mass is 19.1. The van der Waals surface area contributed by atoms with Crippen molar-refractivity contribution < 1.29 is 13.9 Å². The van der Waals surface area contributed by atoms with E-state index in [1.807, 2.05) is 56.3 Å². The van der Waals surface area contributed by atoms with Crippen molar-refractivity contribution in [3.63, 3.8) is 0 Å². The Labute approximate surface area is 247 Å². The lowest BCUT2D eigenvalue weighted by Crippen LogP contribution is -2.19. The largest absolute Gasteiger partial charge is 0.492 e. The van der Waals surface area contributed by atoms with E-state index in [-0.39, 0.29) is 5.91 Å². The number of rotatable bonds is 10. The van der Waals surface area contributed by atoms with E-state index < -0.39 is 5.82 Å². The Morgan fingerprint density at radius 2 is 1.84 bits per heavy atom. The molecule has 0 saturated heterocycles. The molecular weight excluding hydrogens is 547 g/mol. The predicted octanol–water partition coefficient (Wildman–Crippen LogP) is 6.05. The van der Waals surface area contributed by atoms with Crippen molar-refractivity contribution in [1.29, 1.82) is 0 Å². The molecule has 0 radical (unpaired) electrons. The number of ether oxygens (including phenoxy) is 1. The van der Waals surface area contributed by atoms with Crippen LogP contribution in [0, 0.1) is 5.82 Å². The molecule has 6 rings (SSSR count). The topological polar surface area (TPSA) is 125 Å². The van der Waals surface area contributed by atoms with Crippen molar-refractivity contribution >= 4 is 33.4 Å². The zero-order valence-corrected chi connectivity index (χ0v) is 24.1. The van der Waals surface area contributed by atoms with Gasteiger partial charge in [-0.2, -0.15) is 5.10 Å². The number of halogens is 1. The van der Waals surface area contributed by atoms with E-state index in [2.05, 4.69) is 35.5 Å². The van der Waals surface area contributed by atoms with Gasteiger partial charge in [-0.1, -0.05) is 6.92 Å². The number of anilines is 1. The molecule has 6 aromatic rings. The molecule has 218 valence electrons. The molecular formula is C32H31FN8O2. The molecule has 10 nitrogen and oxygen atoms in total. The van der Waals surface area contributed by atoms with Gasteiger partial charge >= 0.3 is 0 Å². The maximum Gasteiger partial charge on any atom is 0.224 e. The van der Waals surface area contributed by atoms with Crippen LogP contribution in [0.25, 0.3) is 55.7 Å². The van der Waals surface area contributed by atoms with Gasteiger partial charge in [0, 0.05) is 58.8 Å². The fourth-order valence-electron chi connectivity index (χ4n) is 4.92. The number of carbonyl (C=O) groups is 1. The number of carbonyl (C=O) groups excluding carboxylic acids is 1. The monoisotopic (exact) mass is 578 g/mol. The summed E-state index contributed by atoms with van der Waals surface area (Å²) in [7, 11) is 3.92. The number of nitrogens with one attached hydrogen (secondary N) is 3. The Hall–Kier alpha value is -5.16. The summed E-state index contributed by atoms with van der Waals surface area (Å²) < 4.78 is 20.4. The Balaban J connectivity index is 1.35. The zero-order chi connectivity index (χ0) is 29.9. The fraction of sp³-hybridized carbons (Fsp3) is 0.219. The lowest BCUT2D eigenvalue weighted by molar-refractivity contribution is -0.116. The molecule has 5 aromatic heterocycles. The fourth-order valence-corrected chi connectivity index (χ4v) is 4.92. The van der Waals surface area contributed by atoms with Crippen molar-refractivity contribution in [2.75, 3.05) is 32.6 Å². The lowest BCUT2D eigenvalue weighted by Gasteiger charge is -2.12. The third-order valence-corrected chi connectivity index (χ3v) is 7.00. The highest BCUT2D eigenvalue weighted by Gasteiger charge is 2.17. The first-order valence-electron chi connectivity index (χ1n) is 14.0. The van der Waals surface area contributed by atoms with E-state index >= 15 is 0 Å². The van der Waals surface area contributed by atoms with Crippen LogP contribution in [-0.4, -0.2) is 68.2 Å².